The molecule has 49 heavy (non-hydrogen) atoms. The number of rotatable bonds is 5. The molecular weight excluding hydrogens is 638 g/mol. The first-order valence-corrected chi connectivity index (χ1v) is 16.8. The average molecular weight is 670 g/mol. The number of fused-ring (bicyclic) bond motifs is 4. The molecule has 2 amide bonds. The van der Waals surface area contributed by atoms with Gasteiger partial charge in [0.2, 0.25) is 11.8 Å². The minimum Gasteiger partial charge on any atom is -0.503 e. The smallest absolute Gasteiger partial charge is 0.238 e. The van der Waals surface area contributed by atoms with Gasteiger partial charge in [-0.05, 0) is 65.8 Å². The van der Waals surface area contributed by atoms with E-state index in [-0.39, 0.29) is 46.3 Å². The largest absolute Gasteiger partial charge is 0.503 e. The summed E-state index contributed by atoms with van der Waals surface area (Å²) in [7, 11) is 1.42. The van der Waals surface area contributed by atoms with E-state index in [2.05, 4.69) is 0 Å². The summed E-state index contributed by atoms with van der Waals surface area (Å²) in [5, 5.41) is 10.8. The third-order valence-corrected chi connectivity index (χ3v) is 11.3. The lowest BCUT2D eigenvalue weighted by Gasteiger charge is -2.55. The summed E-state index contributed by atoms with van der Waals surface area (Å²) in [6.45, 7) is 0. The van der Waals surface area contributed by atoms with Crippen molar-refractivity contribution in [2.75, 3.05) is 12.0 Å². The van der Waals surface area contributed by atoms with Crippen molar-refractivity contribution in [3.05, 3.63) is 143 Å². The van der Waals surface area contributed by atoms with E-state index in [0.29, 0.717) is 34.4 Å². The van der Waals surface area contributed by atoms with Crippen LogP contribution in [-0.4, -0.2) is 35.6 Å². The molecule has 244 valence electrons. The van der Waals surface area contributed by atoms with Crippen LogP contribution in [0.5, 0.6) is 11.5 Å². The lowest BCUT2D eigenvalue weighted by Crippen LogP contribution is -2.58. The van der Waals surface area contributed by atoms with Crippen LogP contribution in [0.3, 0.4) is 0 Å². The minimum atomic E-state index is -1.41. The Balaban J connectivity index is 1.39. The van der Waals surface area contributed by atoms with Gasteiger partial charge in [0.15, 0.2) is 23.1 Å². The summed E-state index contributed by atoms with van der Waals surface area (Å²) in [6, 6.07) is 30.6. The third kappa shape index (κ3) is 4.48. The molecule has 1 aliphatic heterocycles. The maximum absolute atomic E-state index is 15.1. The van der Waals surface area contributed by atoms with Crippen molar-refractivity contribution < 1.29 is 29.0 Å². The fraction of sp³-hybridized carbons (Fsp3) is 0.220. The summed E-state index contributed by atoms with van der Waals surface area (Å²) in [5.74, 6) is -4.66. The van der Waals surface area contributed by atoms with E-state index >= 15 is 9.59 Å². The van der Waals surface area contributed by atoms with Gasteiger partial charge in [-0.3, -0.25) is 24.1 Å². The maximum Gasteiger partial charge on any atom is 0.238 e. The average Bonchev–Trinajstić information content (AvgIpc) is 3.40. The molecule has 0 aromatic heterocycles. The number of carbonyl (C=O) groups is 4. The molecule has 1 heterocycles. The number of hydrogen-bond acceptors (Lipinski definition) is 6. The number of aromatic hydroxyl groups is 1. The number of methoxy groups -OCH3 is 1. The predicted molar refractivity (Wildman–Crippen MR) is 185 cm³/mol. The Kier molecular flexibility index (Phi) is 7.41. The van der Waals surface area contributed by atoms with Gasteiger partial charge in [-0.15, -0.1) is 0 Å². The first kappa shape index (κ1) is 31.0. The summed E-state index contributed by atoms with van der Waals surface area (Å²) in [4.78, 5) is 59.8. The lowest BCUT2D eigenvalue weighted by atomic mass is 9.44. The lowest BCUT2D eigenvalue weighted by molar-refractivity contribution is -0.135. The molecule has 6 unspecified atom stereocenters. The second-order valence-electron chi connectivity index (χ2n) is 13.2. The second-order valence-corrected chi connectivity index (χ2v) is 13.6. The van der Waals surface area contributed by atoms with Crippen LogP contribution in [0.2, 0.25) is 5.02 Å². The molecule has 7 nitrogen and oxygen atoms in total. The molecule has 0 spiro atoms. The van der Waals surface area contributed by atoms with E-state index < -0.39 is 35.0 Å². The molecule has 0 bridgehead atoms. The van der Waals surface area contributed by atoms with Gasteiger partial charge in [0.1, 0.15) is 0 Å². The Hall–Kier alpha value is -5.27. The van der Waals surface area contributed by atoms with Crippen LogP contribution in [-0.2, 0) is 24.6 Å². The van der Waals surface area contributed by atoms with Crippen LogP contribution in [0.4, 0.5) is 5.69 Å². The number of phenols is 1. The molecule has 4 aromatic rings. The molecular formula is C41H32ClNO6. The van der Waals surface area contributed by atoms with Crippen molar-refractivity contribution in [2.24, 2.45) is 23.7 Å². The number of Topliss-reactive ketones (excluding diaryl/α,β-unsaturated/α-hetero) is 1. The van der Waals surface area contributed by atoms with Gasteiger partial charge in [0, 0.05) is 17.4 Å². The number of imide groups is 1. The summed E-state index contributed by atoms with van der Waals surface area (Å²) in [6.07, 6.45) is 3.96. The number of benzene rings is 4. The monoisotopic (exact) mass is 669 g/mol. The highest BCUT2D eigenvalue weighted by Crippen LogP contribution is 2.64. The molecule has 1 saturated carbocycles. The predicted octanol–water partition coefficient (Wildman–Crippen LogP) is 7.08. The highest BCUT2D eigenvalue weighted by atomic mass is 35.5. The molecule has 8 rings (SSSR count). The van der Waals surface area contributed by atoms with Gasteiger partial charge in [-0.1, -0.05) is 102 Å². The van der Waals surface area contributed by atoms with Crippen LogP contribution < -0.4 is 9.64 Å². The van der Waals surface area contributed by atoms with Crippen molar-refractivity contribution in [3.63, 3.8) is 0 Å². The topological polar surface area (TPSA) is 101 Å². The number of halogens is 1. The van der Waals surface area contributed by atoms with Crippen molar-refractivity contribution >= 4 is 46.2 Å². The van der Waals surface area contributed by atoms with Crippen molar-refractivity contribution in [1.29, 1.82) is 0 Å². The SMILES string of the molecule is COc1cc(C2C3=CCC4C(=O)N(c5ccccc5)C(=O)C4C3CC3C(=O)C(c4ccccc4)=CC(=O)C32c2ccccc2)cc(Cl)c1O. The maximum atomic E-state index is 15.1. The molecule has 4 aromatic carbocycles. The van der Waals surface area contributed by atoms with Crippen molar-refractivity contribution in [3.8, 4) is 11.5 Å². The van der Waals surface area contributed by atoms with E-state index in [1.54, 1.807) is 36.4 Å². The Morgan fingerprint density at radius 3 is 2.16 bits per heavy atom. The molecule has 2 fully saturated rings. The molecule has 3 aliphatic carbocycles. The number of hydrogen-bond donors (Lipinski definition) is 1. The Labute approximate surface area is 288 Å². The van der Waals surface area contributed by atoms with Crippen LogP contribution >= 0.6 is 11.6 Å². The van der Waals surface area contributed by atoms with E-state index in [1.165, 1.54) is 18.1 Å². The highest BCUT2D eigenvalue weighted by Gasteiger charge is 2.66. The second kappa shape index (κ2) is 11.7. The van der Waals surface area contributed by atoms with Crippen molar-refractivity contribution in [1.82, 2.24) is 0 Å². The quantitative estimate of drug-likeness (QED) is 0.180. The standard InChI is InChI=1S/C41H32ClNO6/c1-49-33-20-24(19-32(42)38(33)46)36-27-17-18-28-35(40(48)43(39(28)47)26-15-9-4-10-16-26)30(27)21-31-37(45)29(23-11-5-2-6-12-23)22-34(44)41(31,36)25-13-7-3-8-14-25/h2-17,19-20,22,28,30-31,35-36,46H,18,21H2,1H3. The fourth-order valence-corrected chi connectivity index (χ4v) is 9.22. The van der Waals surface area contributed by atoms with Gasteiger partial charge in [0.05, 0.1) is 35.1 Å². The van der Waals surface area contributed by atoms with Gasteiger partial charge in [-0.25, -0.2) is 0 Å². The molecule has 1 N–H and O–H groups in total. The summed E-state index contributed by atoms with van der Waals surface area (Å²) < 4.78 is 5.53. The zero-order valence-electron chi connectivity index (χ0n) is 26.6. The highest BCUT2D eigenvalue weighted by molar-refractivity contribution is 6.33. The minimum absolute atomic E-state index is 0.0306. The number of amides is 2. The van der Waals surface area contributed by atoms with Crippen molar-refractivity contribution in [2.45, 2.75) is 24.2 Å². The first-order chi connectivity index (χ1) is 23.8. The number of anilines is 1. The number of phenolic OH excluding ortho intramolecular Hbond substituents is 1. The Morgan fingerprint density at radius 2 is 1.49 bits per heavy atom. The van der Waals surface area contributed by atoms with E-state index in [9.17, 15) is 14.7 Å². The summed E-state index contributed by atoms with van der Waals surface area (Å²) >= 11 is 6.63. The Morgan fingerprint density at radius 1 is 0.837 bits per heavy atom. The zero-order valence-corrected chi connectivity index (χ0v) is 27.3. The number of ketones is 2. The van der Waals surface area contributed by atoms with Gasteiger partial charge >= 0.3 is 0 Å². The van der Waals surface area contributed by atoms with Gasteiger partial charge in [-0.2, -0.15) is 0 Å². The van der Waals surface area contributed by atoms with Crippen LogP contribution in [0.15, 0.2) is 121 Å². The zero-order chi connectivity index (χ0) is 34.0. The Bertz CT molecular complexity index is 2090. The van der Waals surface area contributed by atoms with E-state index in [4.69, 9.17) is 16.3 Å². The first-order valence-electron chi connectivity index (χ1n) is 16.4. The molecule has 6 atom stereocenters. The number of carbonyl (C=O) groups excluding carboxylic acids is 4. The third-order valence-electron chi connectivity index (χ3n) is 11.0. The van der Waals surface area contributed by atoms with E-state index in [0.717, 1.165) is 5.57 Å². The number of allylic oxidation sites excluding steroid dienone is 4. The van der Waals surface area contributed by atoms with Gasteiger partial charge in [0.25, 0.3) is 0 Å². The van der Waals surface area contributed by atoms with Crippen LogP contribution in [0.25, 0.3) is 5.57 Å². The normalized spacial score (nSPS) is 27.6. The van der Waals surface area contributed by atoms with Crippen LogP contribution in [0.1, 0.15) is 35.4 Å². The molecule has 4 aliphatic rings. The molecule has 8 heteroatoms. The van der Waals surface area contributed by atoms with Gasteiger partial charge < -0.3 is 9.84 Å². The van der Waals surface area contributed by atoms with E-state index in [1.807, 2.05) is 72.8 Å². The molecule has 0 radical (unpaired) electrons. The van der Waals surface area contributed by atoms with Crippen LogP contribution in [0, 0.1) is 23.7 Å². The number of para-hydroxylation sites is 1. The fourth-order valence-electron chi connectivity index (χ4n) is 9.00. The number of ether oxygens (including phenoxy) is 1. The molecule has 1 saturated heterocycles. The number of nitrogens with zero attached hydrogens (tertiary/aromatic N) is 1. The summed E-state index contributed by atoms with van der Waals surface area (Å²) in [5.41, 5.74) is 2.09.